The highest BCUT2D eigenvalue weighted by Gasteiger charge is 2.15. The molecule has 0 aliphatic carbocycles. The van der Waals surface area contributed by atoms with Crippen molar-refractivity contribution in [2.75, 3.05) is 24.4 Å². The summed E-state index contributed by atoms with van der Waals surface area (Å²) >= 11 is 5.53. The maximum Gasteiger partial charge on any atom is 0.172 e. The monoisotopic (exact) mass is 362 g/mol. The number of fused-ring (bicyclic) bond motifs is 1. The lowest BCUT2D eigenvalue weighted by Gasteiger charge is -2.06. The molecule has 6 heteroatoms. The van der Waals surface area contributed by atoms with E-state index in [1.165, 1.54) is 0 Å². The molecule has 0 aliphatic rings. The Balaban J connectivity index is 2.26. The maximum atomic E-state index is 10.1. The highest BCUT2D eigenvalue weighted by Crippen LogP contribution is 2.28. The molecular formula is C19H23ClN2O3. The molecule has 0 radical (unpaired) electrons. The van der Waals surface area contributed by atoms with Crippen molar-refractivity contribution in [1.29, 1.82) is 0 Å². The van der Waals surface area contributed by atoms with E-state index < -0.39 is 6.10 Å². The molecule has 0 fully saturated rings. The van der Waals surface area contributed by atoms with E-state index in [9.17, 15) is 5.11 Å². The maximum absolute atomic E-state index is 10.1. The lowest BCUT2D eigenvalue weighted by atomic mass is 10.1. The fourth-order valence-corrected chi connectivity index (χ4v) is 2.50. The number of aromatic nitrogens is 1. The SMILES string of the molecule is C=CNc1cc(CCCOCCC)c2oc(C(O)C#CCCl)cc2n1. The molecule has 25 heavy (non-hydrogen) atoms. The van der Waals surface area contributed by atoms with Crippen molar-refractivity contribution in [2.45, 2.75) is 32.3 Å². The van der Waals surface area contributed by atoms with Gasteiger partial charge in [-0.2, -0.15) is 0 Å². The molecule has 0 spiro atoms. The van der Waals surface area contributed by atoms with Gasteiger partial charge in [0.25, 0.3) is 0 Å². The van der Waals surface area contributed by atoms with E-state index in [1.807, 2.05) is 6.07 Å². The van der Waals surface area contributed by atoms with E-state index >= 15 is 0 Å². The molecule has 0 saturated carbocycles. The quantitative estimate of drug-likeness (QED) is 0.400. The number of rotatable bonds is 9. The normalized spacial score (nSPS) is 11.8. The molecule has 2 aromatic heterocycles. The van der Waals surface area contributed by atoms with Crippen molar-refractivity contribution in [1.82, 2.24) is 4.98 Å². The summed E-state index contributed by atoms with van der Waals surface area (Å²) in [6.45, 7) is 7.21. The number of pyridine rings is 1. The molecule has 2 rings (SSSR count). The topological polar surface area (TPSA) is 67.5 Å². The summed E-state index contributed by atoms with van der Waals surface area (Å²) in [7, 11) is 0. The highest BCUT2D eigenvalue weighted by molar-refractivity contribution is 6.19. The van der Waals surface area contributed by atoms with Crippen molar-refractivity contribution < 1.29 is 14.3 Å². The molecule has 1 unspecified atom stereocenters. The van der Waals surface area contributed by atoms with Crippen molar-refractivity contribution in [3.8, 4) is 11.8 Å². The zero-order valence-electron chi connectivity index (χ0n) is 14.3. The number of nitrogens with one attached hydrogen (secondary N) is 1. The number of halogens is 1. The summed E-state index contributed by atoms with van der Waals surface area (Å²) in [5, 5.41) is 13.1. The number of anilines is 1. The Morgan fingerprint density at radius 3 is 3.04 bits per heavy atom. The molecule has 0 amide bonds. The standard InChI is InChI=1S/C19H23ClN2O3/c1-3-10-24-11-6-7-14-12-18(21-4-2)22-15-13-17(25-19(14)15)16(23)8-5-9-20/h4,12-13,16,23H,2-3,6-7,9-11H2,1H3,(H,21,22). The third-order valence-corrected chi connectivity index (χ3v) is 3.62. The van der Waals surface area contributed by atoms with Crippen LogP contribution in [0, 0.1) is 11.8 Å². The van der Waals surface area contributed by atoms with Gasteiger partial charge < -0.3 is 19.6 Å². The summed E-state index contributed by atoms with van der Waals surface area (Å²) in [5.74, 6) is 6.47. The Morgan fingerprint density at radius 1 is 1.48 bits per heavy atom. The molecule has 134 valence electrons. The second kappa shape index (κ2) is 10.1. The van der Waals surface area contributed by atoms with Crippen LogP contribution in [-0.2, 0) is 11.2 Å². The average molecular weight is 363 g/mol. The second-order valence-electron chi connectivity index (χ2n) is 5.45. The largest absolute Gasteiger partial charge is 0.455 e. The number of furan rings is 1. The number of aryl methyl sites for hydroxylation is 1. The Labute approximate surface area is 153 Å². The van der Waals surface area contributed by atoms with Crippen LogP contribution in [0.2, 0.25) is 0 Å². The van der Waals surface area contributed by atoms with Crippen LogP contribution >= 0.6 is 11.6 Å². The number of aliphatic hydroxyl groups is 1. The fraction of sp³-hybridized carbons (Fsp3) is 0.421. The Hall–Kier alpha value is -2.00. The second-order valence-corrected chi connectivity index (χ2v) is 5.72. The van der Waals surface area contributed by atoms with E-state index in [0.29, 0.717) is 29.3 Å². The summed E-state index contributed by atoms with van der Waals surface area (Å²) in [6.07, 6.45) is 3.21. The summed E-state index contributed by atoms with van der Waals surface area (Å²) in [5.41, 5.74) is 2.32. The molecule has 2 heterocycles. The third kappa shape index (κ3) is 5.50. The lowest BCUT2D eigenvalue weighted by Crippen LogP contribution is -1.99. The molecule has 2 aromatic rings. The van der Waals surface area contributed by atoms with Crippen LogP contribution in [-0.4, -0.2) is 29.2 Å². The first-order valence-electron chi connectivity index (χ1n) is 8.30. The van der Waals surface area contributed by atoms with Gasteiger partial charge >= 0.3 is 0 Å². The van der Waals surface area contributed by atoms with Crippen LogP contribution in [0.25, 0.3) is 11.1 Å². The van der Waals surface area contributed by atoms with Crippen molar-refractivity contribution in [2.24, 2.45) is 0 Å². The fourth-order valence-electron chi connectivity index (χ4n) is 2.42. The van der Waals surface area contributed by atoms with Gasteiger partial charge in [0.1, 0.15) is 17.1 Å². The number of nitrogens with zero attached hydrogens (tertiary/aromatic N) is 1. The van der Waals surface area contributed by atoms with Gasteiger partial charge in [-0.3, -0.25) is 0 Å². The molecule has 1 atom stereocenters. The first-order chi connectivity index (χ1) is 12.2. The Bertz CT molecular complexity index is 761. The molecule has 0 aromatic carbocycles. The van der Waals surface area contributed by atoms with Crippen LogP contribution < -0.4 is 5.32 Å². The molecular weight excluding hydrogens is 340 g/mol. The number of aliphatic hydroxyl groups excluding tert-OH is 1. The van der Waals surface area contributed by atoms with Gasteiger partial charge in [0.2, 0.25) is 0 Å². The minimum Gasteiger partial charge on any atom is -0.455 e. The van der Waals surface area contributed by atoms with Crippen LogP contribution in [0.1, 0.15) is 37.2 Å². The summed E-state index contributed by atoms with van der Waals surface area (Å²) in [6, 6.07) is 3.63. The third-order valence-electron chi connectivity index (χ3n) is 3.48. The van der Waals surface area contributed by atoms with E-state index in [1.54, 1.807) is 12.3 Å². The zero-order chi connectivity index (χ0) is 18.1. The van der Waals surface area contributed by atoms with E-state index in [4.69, 9.17) is 20.8 Å². The van der Waals surface area contributed by atoms with E-state index in [2.05, 4.69) is 35.6 Å². The zero-order valence-corrected chi connectivity index (χ0v) is 15.1. The van der Waals surface area contributed by atoms with Gasteiger partial charge in [-0.25, -0.2) is 4.98 Å². The Kier molecular flexibility index (Phi) is 7.80. The predicted octanol–water partition coefficient (Wildman–Crippen LogP) is 4.02. The van der Waals surface area contributed by atoms with Crippen LogP contribution in [0.15, 0.2) is 29.3 Å². The molecule has 2 N–H and O–H groups in total. The van der Waals surface area contributed by atoms with Gasteiger partial charge in [0, 0.05) is 24.8 Å². The summed E-state index contributed by atoms with van der Waals surface area (Å²) < 4.78 is 11.4. The molecule has 0 aliphatic heterocycles. The first-order valence-corrected chi connectivity index (χ1v) is 8.84. The number of hydrogen-bond donors (Lipinski definition) is 2. The van der Waals surface area contributed by atoms with Crippen molar-refractivity contribution in [3.63, 3.8) is 0 Å². The molecule has 0 saturated heterocycles. The van der Waals surface area contributed by atoms with Crippen molar-refractivity contribution in [3.05, 3.63) is 36.2 Å². The predicted molar refractivity (Wildman–Crippen MR) is 101 cm³/mol. The smallest absolute Gasteiger partial charge is 0.172 e. The van der Waals surface area contributed by atoms with Gasteiger partial charge in [-0.05, 0) is 31.5 Å². The van der Waals surface area contributed by atoms with Crippen LogP contribution in [0.3, 0.4) is 0 Å². The highest BCUT2D eigenvalue weighted by atomic mass is 35.5. The minimum atomic E-state index is -1.02. The molecule has 5 nitrogen and oxygen atoms in total. The van der Waals surface area contributed by atoms with Crippen molar-refractivity contribution >= 4 is 28.5 Å². The minimum absolute atomic E-state index is 0.159. The summed E-state index contributed by atoms with van der Waals surface area (Å²) in [4.78, 5) is 4.47. The van der Waals surface area contributed by atoms with E-state index in [0.717, 1.165) is 31.4 Å². The number of alkyl halides is 1. The van der Waals surface area contributed by atoms with Gasteiger partial charge in [0.05, 0.1) is 5.88 Å². The van der Waals surface area contributed by atoms with Crippen LogP contribution in [0.4, 0.5) is 5.82 Å². The first kappa shape index (κ1) is 19.3. The Morgan fingerprint density at radius 2 is 2.32 bits per heavy atom. The van der Waals surface area contributed by atoms with Gasteiger partial charge in [-0.1, -0.05) is 25.3 Å². The van der Waals surface area contributed by atoms with Crippen LogP contribution in [0.5, 0.6) is 0 Å². The molecule has 0 bridgehead atoms. The van der Waals surface area contributed by atoms with E-state index in [-0.39, 0.29) is 5.88 Å². The lowest BCUT2D eigenvalue weighted by molar-refractivity contribution is 0.132. The van der Waals surface area contributed by atoms with Gasteiger partial charge in [-0.15, -0.1) is 11.6 Å². The average Bonchev–Trinajstić information content (AvgIpc) is 3.04. The number of hydrogen-bond acceptors (Lipinski definition) is 5. The number of ether oxygens (including phenoxy) is 1. The van der Waals surface area contributed by atoms with Gasteiger partial charge in [0.15, 0.2) is 11.7 Å².